The fourth-order valence-electron chi connectivity index (χ4n) is 1.66. The zero-order valence-corrected chi connectivity index (χ0v) is 9.77. The van der Waals surface area contributed by atoms with Crippen LogP contribution in [0.4, 0.5) is 15.8 Å². The smallest absolute Gasteiger partial charge is 0.337 e. The number of carbonyl (C=O) groups is 1. The molecule has 2 rings (SSSR count). The maximum absolute atomic E-state index is 13.6. The molecule has 0 heterocycles. The molecule has 2 aromatic carbocycles. The number of halogens is 1. The van der Waals surface area contributed by atoms with E-state index in [0.29, 0.717) is 5.69 Å². The molecule has 0 aliphatic carbocycles. The minimum absolute atomic E-state index is 0.110. The van der Waals surface area contributed by atoms with E-state index in [9.17, 15) is 9.18 Å². The zero-order chi connectivity index (χ0) is 13.1. The van der Waals surface area contributed by atoms with Gasteiger partial charge >= 0.3 is 5.97 Å². The summed E-state index contributed by atoms with van der Waals surface area (Å²) in [5.74, 6) is -1.47. The van der Waals surface area contributed by atoms with Crippen LogP contribution in [0.15, 0.2) is 42.5 Å². The van der Waals surface area contributed by atoms with Gasteiger partial charge in [-0.3, -0.25) is 0 Å². The van der Waals surface area contributed by atoms with Crippen LogP contribution in [0.3, 0.4) is 0 Å². The Kier molecular flexibility index (Phi) is 3.28. The van der Waals surface area contributed by atoms with E-state index in [1.807, 2.05) is 6.92 Å². The number of hydrogen-bond donors (Lipinski definition) is 2. The molecule has 0 bridgehead atoms. The van der Waals surface area contributed by atoms with Gasteiger partial charge in [0.15, 0.2) is 0 Å². The standard InChI is InChI=1S/C14H12FNO2/c1-9-6-7-11(15)13(8-9)16-12-5-3-2-4-10(12)14(17)18/h2-8,16H,1H3,(H,17,18). The Morgan fingerprint density at radius 1 is 1.17 bits per heavy atom. The Morgan fingerprint density at radius 2 is 1.89 bits per heavy atom. The number of rotatable bonds is 3. The van der Waals surface area contributed by atoms with Crippen molar-refractivity contribution in [3.05, 3.63) is 59.4 Å². The number of aromatic carboxylic acids is 1. The number of nitrogens with one attached hydrogen (secondary N) is 1. The Labute approximate surface area is 104 Å². The third kappa shape index (κ3) is 2.48. The van der Waals surface area contributed by atoms with Crippen molar-refractivity contribution < 1.29 is 14.3 Å². The lowest BCUT2D eigenvalue weighted by Crippen LogP contribution is -2.03. The summed E-state index contributed by atoms with van der Waals surface area (Å²) in [6.45, 7) is 1.84. The third-order valence-electron chi connectivity index (χ3n) is 2.55. The number of para-hydroxylation sites is 1. The Bertz CT molecular complexity index is 596. The number of aryl methyl sites for hydroxylation is 1. The molecule has 18 heavy (non-hydrogen) atoms. The van der Waals surface area contributed by atoms with Gasteiger partial charge in [0.25, 0.3) is 0 Å². The summed E-state index contributed by atoms with van der Waals surface area (Å²) in [5.41, 5.74) is 1.64. The number of carboxylic acids is 1. The molecule has 0 aliphatic rings. The minimum Gasteiger partial charge on any atom is -0.478 e. The Balaban J connectivity index is 2.40. The molecule has 0 unspecified atom stereocenters. The van der Waals surface area contributed by atoms with Crippen molar-refractivity contribution in [2.75, 3.05) is 5.32 Å². The average molecular weight is 245 g/mol. The van der Waals surface area contributed by atoms with Crippen molar-refractivity contribution in [3.63, 3.8) is 0 Å². The average Bonchev–Trinajstić information content (AvgIpc) is 2.34. The second kappa shape index (κ2) is 4.87. The van der Waals surface area contributed by atoms with Gasteiger partial charge in [-0.2, -0.15) is 0 Å². The monoisotopic (exact) mass is 245 g/mol. The van der Waals surface area contributed by atoms with Crippen molar-refractivity contribution in [2.45, 2.75) is 6.92 Å². The zero-order valence-electron chi connectivity index (χ0n) is 9.77. The summed E-state index contributed by atoms with van der Waals surface area (Å²) in [5, 5.41) is 11.8. The van der Waals surface area contributed by atoms with E-state index < -0.39 is 11.8 Å². The number of anilines is 2. The van der Waals surface area contributed by atoms with E-state index in [1.165, 1.54) is 12.1 Å². The van der Waals surface area contributed by atoms with Crippen LogP contribution in [0.5, 0.6) is 0 Å². The molecule has 2 N–H and O–H groups in total. The van der Waals surface area contributed by atoms with Crippen molar-refractivity contribution in [1.29, 1.82) is 0 Å². The van der Waals surface area contributed by atoms with Crippen LogP contribution in [-0.2, 0) is 0 Å². The lowest BCUT2D eigenvalue weighted by molar-refractivity contribution is 0.0698. The van der Waals surface area contributed by atoms with Gasteiger partial charge in [0.2, 0.25) is 0 Å². The van der Waals surface area contributed by atoms with Crippen LogP contribution < -0.4 is 5.32 Å². The summed E-state index contributed by atoms with van der Waals surface area (Å²) in [6, 6.07) is 11.0. The first-order valence-corrected chi connectivity index (χ1v) is 5.43. The van der Waals surface area contributed by atoms with Crippen LogP contribution in [-0.4, -0.2) is 11.1 Å². The molecule has 0 spiro atoms. The van der Waals surface area contributed by atoms with Crippen molar-refractivity contribution >= 4 is 17.3 Å². The van der Waals surface area contributed by atoms with Gasteiger partial charge < -0.3 is 10.4 Å². The highest BCUT2D eigenvalue weighted by molar-refractivity contribution is 5.95. The summed E-state index contributed by atoms with van der Waals surface area (Å²) in [7, 11) is 0. The molecule has 92 valence electrons. The van der Waals surface area contributed by atoms with Gasteiger partial charge in [-0.05, 0) is 36.8 Å². The summed E-state index contributed by atoms with van der Waals surface area (Å²) in [6.07, 6.45) is 0. The fraction of sp³-hybridized carbons (Fsp3) is 0.0714. The predicted octanol–water partition coefficient (Wildman–Crippen LogP) is 3.58. The topological polar surface area (TPSA) is 49.3 Å². The molecule has 0 saturated heterocycles. The molecule has 0 atom stereocenters. The van der Waals surface area contributed by atoms with Crippen LogP contribution in [0.2, 0.25) is 0 Å². The van der Waals surface area contributed by atoms with E-state index in [2.05, 4.69) is 5.32 Å². The van der Waals surface area contributed by atoms with E-state index >= 15 is 0 Å². The Morgan fingerprint density at radius 3 is 2.61 bits per heavy atom. The number of carboxylic acid groups (broad SMARTS) is 1. The largest absolute Gasteiger partial charge is 0.478 e. The molecular weight excluding hydrogens is 233 g/mol. The van der Waals surface area contributed by atoms with Gasteiger partial charge in [0, 0.05) is 0 Å². The summed E-state index contributed by atoms with van der Waals surface area (Å²) >= 11 is 0. The first kappa shape index (κ1) is 12.1. The van der Waals surface area contributed by atoms with Crippen molar-refractivity contribution in [2.24, 2.45) is 0 Å². The van der Waals surface area contributed by atoms with E-state index in [0.717, 1.165) is 5.56 Å². The quantitative estimate of drug-likeness (QED) is 0.869. The first-order chi connectivity index (χ1) is 8.58. The van der Waals surface area contributed by atoms with E-state index in [-0.39, 0.29) is 11.3 Å². The van der Waals surface area contributed by atoms with Crippen LogP contribution in [0.25, 0.3) is 0 Å². The van der Waals surface area contributed by atoms with Gasteiger partial charge in [0.1, 0.15) is 5.82 Å². The van der Waals surface area contributed by atoms with Crippen LogP contribution in [0.1, 0.15) is 15.9 Å². The van der Waals surface area contributed by atoms with Crippen LogP contribution in [0, 0.1) is 12.7 Å². The minimum atomic E-state index is -1.05. The van der Waals surface area contributed by atoms with Gasteiger partial charge in [-0.1, -0.05) is 18.2 Å². The summed E-state index contributed by atoms with van der Waals surface area (Å²) < 4.78 is 13.6. The molecule has 2 aromatic rings. The number of benzene rings is 2. The molecule has 0 saturated carbocycles. The van der Waals surface area contributed by atoms with Crippen molar-refractivity contribution in [1.82, 2.24) is 0 Å². The number of hydrogen-bond acceptors (Lipinski definition) is 2. The van der Waals surface area contributed by atoms with Crippen LogP contribution >= 0.6 is 0 Å². The maximum Gasteiger partial charge on any atom is 0.337 e. The molecule has 0 aromatic heterocycles. The normalized spacial score (nSPS) is 10.1. The lowest BCUT2D eigenvalue weighted by Gasteiger charge is -2.10. The van der Waals surface area contributed by atoms with Crippen molar-refractivity contribution in [3.8, 4) is 0 Å². The highest BCUT2D eigenvalue weighted by atomic mass is 19.1. The molecule has 4 heteroatoms. The second-order valence-corrected chi connectivity index (χ2v) is 3.96. The molecule has 0 fully saturated rings. The lowest BCUT2D eigenvalue weighted by atomic mass is 10.1. The predicted molar refractivity (Wildman–Crippen MR) is 67.8 cm³/mol. The van der Waals surface area contributed by atoms with E-state index in [4.69, 9.17) is 5.11 Å². The molecule has 0 aliphatic heterocycles. The van der Waals surface area contributed by atoms with E-state index in [1.54, 1.807) is 30.3 Å². The molecule has 0 radical (unpaired) electrons. The first-order valence-electron chi connectivity index (χ1n) is 5.43. The molecular formula is C14H12FNO2. The summed E-state index contributed by atoms with van der Waals surface area (Å²) in [4.78, 5) is 11.0. The third-order valence-corrected chi connectivity index (χ3v) is 2.55. The highest BCUT2D eigenvalue weighted by Gasteiger charge is 2.10. The second-order valence-electron chi connectivity index (χ2n) is 3.96. The highest BCUT2D eigenvalue weighted by Crippen LogP contribution is 2.23. The van der Waals surface area contributed by atoms with Gasteiger partial charge in [0.05, 0.1) is 16.9 Å². The van der Waals surface area contributed by atoms with Gasteiger partial charge in [-0.15, -0.1) is 0 Å². The maximum atomic E-state index is 13.6. The fourth-order valence-corrected chi connectivity index (χ4v) is 1.66. The SMILES string of the molecule is Cc1ccc(F)c(Nc2ccccc2C(=O)O)c1. The molecule has 3 nitrogen and oxygen atoms in total. The Hall–Kier alpha value is -2.36. The molecule has 0 amide bonds. The van der Waals surface area contributed by atoms with Gasteiger partial charge in [-0.25, -0.2) is 9.18 Å².